The fraction of sp³-hybridized carbons (Fsp3) is 0.211. The first-order valence-electron chi connectivity index (χ1n) is 8.49. The van der Waals surface area contributed by atoms with Crippen molar-refractivity contribution in [1.82, 2.24) is 20.1 Å². The Morgan fingerprint density at radius 3 is 2.81 bits per heavy atom. The Hall–Kier alpha value is -3.42. The summed E-state index contributed by atoms with van der Waals surface area (Å²) in [6.07, 6.45) is 5.13. The van der Waals surface area contributed by atoms with Gasteiger partial charge < -0.3 is 9.64 Å². The van der Waals surface area contributed by atoms with Crippen LogP contribution in [-0.2, 0) is 6.54 Å². The Bertz CT molecular complexity index is 943. The molecule has 0 unspecified atom stereocenters. The van der Waals surface area contributed by atoms with Gasteiger partial charge in [-0.1, -0.05) is 0 Å². The van der Waals surface area contributed by atoms with Crippen LogP contribution < -0.4 is 9.64 Å². The van der Waals surface area contributed by atoms with Crippen molar-refractivity contribution in [3.63, 3.8) is 0 Å². The summed E-state index contributed by atoms with van der Waals surface area (Å²) in [5, 5.41) is 6.66. The Kier molecular flexibility index (Phi) is 4.45. The van der Waals surface area contributed by atoms with Crippen LogP contribution in [0.15, 0.2) is 48.9 Å². The number of H-pyrrole nitrogens is 1. The van der Waals surface area contributed by atoms with Crippen LogP contribution >= 0.6 is 0 Å². The summed E-state index contributed by atoms with van der Waals surface area (Å²) in [4.78, 5) is 20.5. The number of ether oxygens (including phenoxy) is 1. The van der Waals surface area contributed by atoms with Gasteiger partial charge >= 0.3 is 6.03 Å². The zero-order chi connectivity index (χ0) is 18.8. The molecule has 3 aromatic rings. The number of urea groups is 1. The topological polar surface area (TPSA) is 74.3 Å². The molecule has 4 rings (SSSR count). The highest BCUT2D eigenvalue weighted by Gasteiger charge is 2.29. The molecule has 1 saturated heterocycles. The summed E-state index contributed by atoms with van der Waals surface area (Å²) in [7, 11) is 1.49. The number of hydrogen-bond acceptors (Lipinski definition) is 4. The van der Waals surface area contributed by atoms with E-state index in [4.69, 9.17) is 4.74 Å². The number of halogens is 1. The van der Waals surface area contributed by atoms with Crippen molar-refractivity contribution in [2.75, 3.05) is 25.1 Å². The zero-order valence-electron chi connectivity index (χ0n) is 14.7. The van der Waals surface area contributed by atoms with Crippen molar-refractivity contribution >= 4 is 11.7 Å². The van der Waals surface area contributed by atoms with E-state index in [0.717, 1.165) is 16.9 Å². The molecule has 2 amide bonds. The Labute approximate surface area is 155 Å². The smallest absolute Gasteiger partial charge is 0.324 e. The summed E-state index contributed by atoms with van der Waals surface area (Å²) >= 11 is 0. The molecule has 7 nitrogen and oxygen atoms in total. The number of nitrogens with zero attached hydrogens (tertiary/aromatic N) is 4. The van der Waals surface area contributed by atoms with E-state index in [0.29, 0.717) is 30.9 Å². The number of carbonyl (C=O) groups excluding carboxylic acids is 1. The van der Waals surface area contributed by atoms with E-state index in [-0.39, 0.29) is 11.8 Å². The van der Waals surface area contributed by atoms with Gasteiger partial charge in [0.2, 0.25) is 0 Å². The molecule has 1 aliphatic rings. The molecule has 27 heavy (non-hydrogen) atoms. The van der Waals surface area contributed by atoms with Gasteiger partial charge in [0.05, 0.1) is 30.9 Å². The number of rotatable bonds is 5. The summed E-state index contributed by atoms with van der Waals surface area (Å²) in [6.45, 7) is 1.43. The lowest BCUT2D eigenvalue weighted by Crippen LogP contribution is -2.31. The van der Waals surface area contributed by atoms with Crippen molar-refractivity contribution in [2.24, 2.45) is 0 Å². The number of nitrogens with one attached hydrogen (secondary N) is 1. The van der Waals surface area contributed by atoms with Crippen molar-refractivity contribution in [3.05, 3.63) is 60.3 Å². The van der Waals surface area contributed by atoms with Gasteiger partial charge in [-0.15, -0.1) is 0 Å². The standard InChI is InChI=1S/C19H18FN5O2/c1-27-17-7-13(6-15(20)8-17)12-24-4-5-25(19(24)26)16-2-3-18(21-11-16)14-9-22-23-10-14/h2-3,6-11H,4-5,12H2,1H3,(H,22,23). The Morgan fingerprint density at radius 1 is 1.22 bits per heavy atom. The highest BCUT2D eigenvalue weighted by atomic mass is 19.1. The molecule has 2 aromatic heterocycles. The predicted molar refractivity (Wildman–Crippen MR) is 97.9 cm³/mol. The van der Waals surface area contributed by atoms with Crippen LogP contribution in [0.5, 0.6) is 5.75 Å². The van der Waals surface area contributed by atoms with Gasteiger partial charge in [-0.05, 0) is 29.8 Å². The first kappa shape index (κ1) is 17.0. The van der Waals surface area contributed by atoms with Crippen LogP contribution in [0, 0.1) is 5.82 Å². The van der Waals surface area contributed by atoms with Gasteiger partial charge in [0.25, 0.3) is 0 Å². The van der Waals surface area contributed by atoms with Gasteiger partial charge in [-0.2, -0.15) is 5.10 Å². The minimum atomic E-state index is -0.383. The molecule has 0 aliphatic carbocycles. The number of methoxy groups -OCH3 is 1. The summed E-state index contributed by atoms with van der Waals surface area (Å²) in [6, 6.07) is 8.06. The van der Waals surface area contributed by atoms with E-state index < -0.39 is 0 Å². The molecule has 1 aliphatic heterocycles. The second kappa shape index (κ2) is 7.06. The second-order valence-electron chi connectivity index (χ2n) is 6.24. The second-order valence-corrected chi connectivity index (χ2v) is 6.24. The van der Waals surface area contributed by atoms with Gasteiger partial charge in [-0.3, -0.25) is 15.0 Å². The van der Waals surface area contributed by atoms with Crippen LogP contribution in [-0.4, -0.2) is 46.3 Å². The van der Waals surface area contributed by atoms with Crippen LogP contribution in [0.4, 0.5) is 14.9 Å². The highest BCUT2D eigenvalue weighted by molar-refractivity contribution is 5.94. The third-order valence-corrected chi connectivity index (χ3v) is 4.49. The molecule has 0 saturated carbocycles. The van der Waals surface area contributed by atoms with Crippen molar-refractivity contribution < 1.29 is 13.9 Å². The highest BCUT2D eigenvalue weighted by Crippen LogP contribution is 2.25. The summed E-state index contributed by atoms with van der Waals surface area (Å²) in [5.41, 5.74) is 3.08. The van der Waals surface area contributed by atoms with E-state index >= 15 is 0 Å². The van der Waals surface area contributed by atoms with Crippen LogP contribution in [0.2, 0.25) is 0 Å². The molecule has 0 atom stereocenters. The molecular weight excluding hydrogens is 349 g/mol. The minimum absolute atomic E-state index is 0.129. The van der Waals surface area contributed by atoms with E-state index in [1.807, 2.05) is 12.1 Å². The van der Waals surface area contributed by atoms with Gasteiger partial charge in [0.1, 0.15) is 11.6 Å². The van der Waals surface area contributed by atoms with Gasteiger partial charge in [-0.25, -0.2) is 9.18 Å². The number of aromatic nitrogens is 3. The summed E-state index contributed by atoms with van der Waals surface area (Å²) < 4.78 is 18.8. The van der Waals surface area contributed by atoms with E-state index in [2.05, 4.69) is 15.2 Å². The fourth-order valence-corrected chi connectivity index (χ4v) is 3.13. The molecule has 0 bridgehead atoms. The van der Waals surface area contributed by atoms with Crippen molar-refractivity contribution in [1.29, 1.82) is 0 Å². The maximum atomic E-state index is 13.7. The first-order valence-corrected chi connectivity index (χ1v) is 8.49. The van der Waals surface area contributed by atoms with E-state index in [1.165, 1.54) is 19.2 Å². The third kappa shape index (κ3) is 3.46. The molecule has 0 radical (unpaired) electrons. The van der Waals surface area contributed by atoms with E-state index in [9.17, 15) is 9.18 Å². The SMILES string of the molecule is COc1cc(F)cc(CN2CCN(c3ccc(-c4cn[nH]c4)nc3)C2=O)c1. The number of amides is 2. The largest absolute Gasteiger partial charge is 0.497 e. The maximum absolute atomic E-state index is 13.7. The molecule has 138 valence electrons. The molecule has 8 heteroatoms. The lowest BCUT2D eigenvalue weighted by Gasteiger charge is -2.19. The van der Waals surface area contributed by atoms with E-state index in [1.54, 1.807) is 34.5 Å². The predicted octanol–water partition coefficient (Wildman–Crippen LogP) is 3.06. The number of aromatic amines is 1. The Morgan fingerprint density at radius 2 is 2.11 bits per heavy atom. The molecule has 1 fully saturated rings. The molecule has 3 heterocycles. The lowest BCUT2D eigenvalue weighted by atomic mass is 10.2. The average Bonchev–Trinajstić information content (AvgIpc) is 3.32. The number of benzene rings is 1. The molecule has 1 N–H and O–H groups in total. The first-order chi connectivity index (χ1) is 13.1. The normalized spacial score (nSPS) is 14.1. The average molecular weight is 367 g/mol. The lowest BCUT2D eigenvalue weighted by molar-refractivity contribution is 0.218. The fourth-order valence-electron chi connectivity index (χ4n) is 3.13. The zero-order valence-corrected chi connectivity index (χ0v) is 14.7. The number of carbonyl (C=O) groups is 1. The monoisotopic (exact) mass is 367 g/mol. The molecular formula is C19H18FN5O2. The van der Waals surface area contributed by atoms with Crippen LogP contribution in [0.3, 0.4) is 0 Å². The maximum Gasteiger partial charge on any atom is 0.324 e. The minimum Gasteiger partial charge on any atom is -0.497 e. The van der Waals surface area contributed by atoms with Gasteiger partial charge in [0.15, 0.2) is 0 Å². The molecule has 1 aromatic carbocycles. The van der Waals surface area contributed by atoms with Crippen LogP contribution in [0.25, 0.3) is 11.3 Å². The number of pyridine rings is 1. The van der Waals surface area contributed by atoms with Crippen LogP contribution in [0.1, 0.15) is 5.56 Å². The summed E-state index contributed by atoms with van der Waals surface area (Å²) in [5.74, 6) is 0.0550. The Balaban J connectivity index is 1.48. The quantitative estimate of drug-likeness (QED) is 0.752. The van der Waals surface area contributed by atoms with Crippen molar-refractivity contribution in [2.45, 2.75) is 6.54 Å². The van der Waals surface area contributed by atoms with Crippen molar-refractivity contribution in [3.8, 4) is 17.0 Å². The molecule has 0 spiro atoms. The number of anilines is 1. The van der Waals surface area contributed by atoms with Gasteiger partial charge in [0, 0.05) is 37.5 Å². The number of hydrogen-bond donors (Lipinski definition) is 1. The third-order valence-electron chi connectivity index (χ3n) is 4.49.